The second kappa shape index (κ2) is 6.26. The molecule has 124 valence electrons. The highest BCUT2D eigenvalue weighted by molar-refractivity contribution is 7.92. The minimum Gasteiger partial charge on any atom is -0.277 e. The smallest absolute Gasteiger partial charge is 0.262 e. The van der Waals surface area contributed by atoms with Gasteiger partial charge in [-0.25, -0.2) is 18.1 Å². The molecule has 3 aromatic rings. The van der Waals surface area contributed by atoms with Gasteiger partial charge in [0.15, 0.2) is 0 Å². The second-order valence-corrected chi connectivity index (χ2v) is 7.46. The highest BCUT2D eigenvalue weighted by Crippen LogP contribution is 2.27. The Bertz CT molecular complexity index is 985. The minimum absolute atomic E-state index is 0.220. The van der Waals surface area contributed by atoms with Crippen LogP contribution in [0.25, 0.3) is 5.69 Å². The van der Waals surface area contributed by atoms with Crippen molar-refractivity contribution in [1.29, 1.82) is 0 Å². The lowest BCUT2D eigenvalue weighted by Crippen LogP contribution is -2.16. The molecule has 6 nitrogen and oxygen atoms in total. The number of nitrogens with one attached hydrogen (secondary N) is 1. The van der Waals surface area contributed by atoms with E-state index in [1.54, 1.807) is 37.3 Å². The summed E-state index contributed by atoms with van der Waals surface area (Å²) < 4.78 is 29.6. The molecule has 0 amide bonds. The van der Waals surface area contributed by atoms with Crippen molar-refractivity contribution in [3.63, 3.8) is 0 Å². The van der Waals surface area contributed by atoms with Gasteiger partial charge in [0.05, 0.1) is 16.3 Å². The van der Waals surface area contributed by atoms with E-state index >= 15 is 0 Å². The maximum Gasteiger partial charge on any atom is 0.262 e. The molecule has 2 aromatic carbocycles. The predicted molar refractivity (Wildman–Crippen MR) is 93.1 cm³/mol. The van der Waals surface area contributed by atoms with Gasteiger partial charge in [-0.3, -0.25) is 4.72 Å². The monoisotopic (exact) mass is 362 g/mol. The highest BCUT2D eigenvalue weighted by Gasteiger charge is 2.19. The first-order valence-corrected chi connectivity index (χ1v) is 8.97. The van der Waals surface area contributed by atoms with Crippen molar-refractivity contribution in [3.8, 4) is 5.69 Å². The van der Waals surface area contributed by atoms with Crippen LogP contribution in [0.5, 0.6) is 0 Å². The summed E-state index contributed by atoms with van der Waals surface area (Å²) in [5.74, 6) is 0. The largest absolute Gasteiger partial charge is 0.277 e. The fourth-order valence-electron chi connectivity index (χ4n) is 2.42. The molecule has 0 aliphatic rings. The number of rotatable bonds is 4. The van der Waals surface area contributed by atoms with Crippen molar-refractivity contribution in [2.45, 2.75) is 18.7 Å². The number of aromatic nitrogens is 3. The van der Waals surface area contributed by atoms with E-state index in [-0.39, 0.29) is 4.90 Å². The first-order chi connectivity index (χ1) is 11.4. The molecule has 1 aromatic heterocycles. The summed E-state index contributed by atoms with van der Waals surface area (Å²) in [4.78, 5) is 4.10. The maximum absolute atomic E-state index is 12.8. The average Bonchev–Trinajstić information content (AvgIpc) is 3.00. The maximum atomic E-state index is 12.8. The predicted octanol–water partition coefficient (Wildman–Crippen LogP) is 3.34. The molecular formula is C16H15ClN4O2S. The van der Waals surface area contributed by atoms with Gasteiger partial charge >= 0.3 is 0 Å². The minimum atomic E-state index is -3.76. The third-order valence-electron chi connectivity index (χ3n) is 3.49. The Kier molecular flexibility index (Phi) is 4.29. The van der Waals surface area contributed by atoms with Crippen LogP contribution < -0.4 is 4.72 Å². The zero-order chi connectivity index (χ0) is 17.3. The molecule has 0 fully saturated rings. The number of aryl methyl sites for hydroxylation is 2. The number of benzene rings is 2. The first kappa shape index (κ1) is 16.5. The number of hydrogen-bond acceptors (Lipinski definition) is 4. The Balaban J connectivity index is 2.06. The molecule has 0 unspecified atom stereocenters. The van der Waals surface area contributed by atoms with Crippen LogP contribution in [-0.4, -0.2) is 23.2 Å². The first-order valence-electron chi connectivity index (χ1n) is 7.11. The van der Waals surface area contributed by atoms with Crippen molar-refractivity contribution in [3.05, 3.63) is 65.2 Å². The highest BCUT2D eigenvalue weighted by atomic mass is 35.5. The summed E-state index contributed by atoms with van der Waals surface area (Å²) in [7, 11) is -3.76. The SMILES string of the molecule is Cc1ccc(S(=O)(=O)Nc2cc(Cl)ccc2-n2cncn2)c(C)c1. The van der Waals surface area contributed by atoms with Crippen molar-refractivity contribution in [2.24, 2.45) is 0 Å². The molecule has 0 atom stereocenters. The third kappa shape index (κ3) is 3.27. The Labute approximate surface area is 145 Å². The van der Waals surface area contributed by atoms with Gasteiger partial charge in [0.2, 0.25) is 0 Å². The molecule has 1 heterocycles. The van der Waals surface area contributed by atoms with Crippen LogP contribution in [0.15, 0.2) is 53.9 Å². The van der Waals surface area contributed by atoms with Crippen molar-refractivity contribution >= 4 is 27.3 Å². The van der Waals surface area contributed by atoms with Gasteiger partial charge in [-0.1, -0.05) is 29.3 Å². The van der Waals surface area contributed by atoms with Crippen LogP contribution in [0.3, 0.4) is 0 Å². The Morgan fingerprint density at radius 2 is 1.92 bits per heavy atom. The van der Waals surface area contributed by atoms with Crippen LogP contribution in [0.1, 0.15) is 11.1 Å². The average molecular weight is 363 g/mol. The fourth-order valence-corrected chi connectivity index (χ4v) is 3.89. The van der Waals surface area contributed by atoms with E-state index in [4.69, 9.17) is 11.6 Å². The Morgan fingerprint density at radius 3 is 2.58 bits per heavy atom. The van der Waals surface area contributed by atoms with Gasteiger partial charge < -0.3 is 0 Å². The van der Waals surface area contributed by atoms with E-state index in [0.717, 1.165) is 5.56 Å². The molecular weight excluding hydrogens is 348 g/mol. The number of nitrogens with zero attached hydrogens (tertiary/aromatic N) is 3. The van der Waals surface area contributed by atoms with E-state index < -0.39 is 10.0 Å². The van der Waals surface area contributed by atoms with E-state index in [0.29, 0.717) is 22.0 Å². The Hall–Kier alpha value is -2.38. The third-order valence-corrected chi connectivity index (χ3v) is 5.25. The topological polar surface area (TPSA) is 76.9 Å². The zero-order valence-electron chi connectivity index (χ0n) is 13.1. The number of sulfonamides is 1. The van der Waals surface area contributed by atoms with E-state index in [9.17, 15) is 8.42 Å². The molecule has 3 rings (SSSR count). The lowest BCUT2D eigenvalue weighted by atomic mass is 10.2. The summed E-state index contributed by atoms with van der Waals surface area (Å²) in [5, 5.41) is 4.45. The van der Waals surface area contributed by atoms with Crippen LogP contribution in [0, 0.1) is 13.8 Å². The van der Waals surface area contributed by atoms with Crippen LogP contribution in [0.2, 0.25) is 5.02 Å². The number of anilines is 1. The van der Waals surface area contributed by atoms with Gasteiger partial charge in [0.1, 0.15) is 12.7 Å². The van der Waals surface area contributed by atoms with E-state index in [1.165, 1.54) is 17.3 Å². The van der Waals surface area contributed by atoms with Gasteiger partial charge in [-0.05, 0) is 43.7 Å². The standard InChI is InChI=1S/C16H15ClN4O2S/c1-11-3-6-16(12(2)7-11)24(22,23)20-14-8-13(17)4-5-15(14)21-10-18-9-19-21/h3-10,20H,1-2H3. The van der Waals surface area contributed by atoms with Crippen LogP contribution in [-0.2, 0) is 10.0 Å². The van der Waals surface area contributed by atoms with E-state index in [1.807, 2.05) is 13.0 Å². The van der Waals surface area contributed by atoms with Crippen molar-refractivity contribution < 1.29 is 8.42 Å². The number of halogens is 1. The summed E-state index contributed by atoms with van der Waals surface area (Å²) in [6, 6.07) is 10.1. The van der Waals surface area contributed by atoms with E-state index in [2.05, 4.69) is 14.8 Å². The Morgan fingerprint density at radius 1 is 1.12 bits per heavy atom. The summed E-state index contributed by atoms with van der Waals surface area (Å²) in [5.41, 5.74) is 2.53. The summed E-state index contributed by atoms with van der Waals surface area (Å²) in [6.45, 7) is 3.68. The molecule has 0 aliphatic carbocycles. The molecule has 0 saturated heterocycles. The quantitative estimate of drug-likeness (QED) is 0.772. The normalized spacial score (nSPS) is 11.5. The second-order valence-electron chi connectivity index (χ2n) is 5.38. The zero-order valence-corrected chi connectivity index (χ0v) is 14.6. The van der Waals surface area contributed by atoms with Gasteiger partial charge in [-0.15, -0.1) is 0 Å². The summed E-state index contributed by atoms with van der Waals surface area (Å²) >= 11 is 6.03. The lowest BCUT2D eigenvalue weighted by Gasteiger charge is -2.14. The number of hydrogen-bond donors (Lipinski definition) is 1. The molecule has 8 heteroatoms. The van der Waals surface area contributed by atoms with Crippen LogP contribution in [0.4, 0.5) is 5.69 Å². The van der Waals surface area contributed by atoms with Gasteiger partial charge in [0.25, 0.3) is 10.0 Å². The van der Waals surface area contributed by atoms with Crippen molar-refractivity contribution in [2.75, 3.05) is 4.72 Å². The molecule has 24 heavy (non-hydrogen) atoms. The van der Waals surface area contributed by atoms with Crippen LogP contribution >= 0.6 is 11.6 Å². The molecule has 1 N–H and O–H groups in total. The summed E-state index contributed by atoms with van der Waals surface area (Å²) in [6.07, 6.45) is 2.86. The van der Waals surface area contributed by atoms with Gasteiger partial charge in [0, 0.05) is 5.02 Å². The molecule has 0 bridgehead atoms. The lowest BCUT2D eigenvalue weighted by molar-refractivity contribution is 0.600. The molecule has 0 radical (unpaired) electrons. The molecule has 0 spiro atoms. The molecule has 0 aliphatic heterocycles. The van der Waals surface area contributed by atoms with Gasteiger partial charge in [-0.2, -0.15) is 5.10 Å². The fraction of sp³-hybridized carbons (Fsp3) is 0.125. The molecule has 0 saturated carbocycles. The van der Waals surface area contributed by atoms with Crippen molar-refractivity contribution in [1.82, 2.24) is 14.8 Å².